The molecule has 7 heteroatoms. The average molecular weight is 375 g/mol. The van der Waals surface area contributed by atoms with Gasteiger partial charge in [-0.25, -0.2) is 9.50 Å². The smallest absolute Gasteiger partial charge is 0.227 e. The van der Waals surface area contributed by atoms with Crippen LogP contribution in [-0.2, 0) is 4.79 Å². The third-order valence-electron chi connectivity index (χ3n) is 4.46. The second-order valence-electron chi connectivity index (χ2n) is 6.59. The summed E-state index contributed by atoms with van der Waals surface area (Å²) in [5, 5.41) is 11.5. The van der Waals surface area contributed by atoms with Crippen LogP contribution in [0.4, 0.5) is 16.5 Å². The summed E-state index contributed by atoms with van der Waals surface area (Å²) < 4.78 is 1.79. The number of benzene rings is 2. The second kappa shape index (κ2) is 6.51. The van der Waals surface area contributed by atoms with E-state index < -0.39 is 0 Å². The Kier molecular flexibility index (Phi) is 3.86. The van der Waals surface area contributed by atoms with Crippen molar-refractivity contribution in [1.29, 1.82) is 0 Å². The number of carbonyl (C=O) groups excluding carboxylic acids is 1. The Hall–Kier alpha value is -3.19. The normalized spacial score (nSPS) is 13.6. The second-order valence-corrected chi connectivity index (χ2v) is 7.55. The van der Waals surface area contributed by atoms with Gasteiger partial charge in [-0.3, -0.25) is 4.79 Å². The van der Waals surface area contributed by atoms with Crippen molar-refractivity contribution in [3.05, 3.63) is 60.8 Å². The van der Waals surface area contributed by atoms with Crippen molar-refractivity contribution in [1.82, 2.24) is 14.6 Å². The van der Waals surface area contributed by atoms with E-state index in [4.69, 9.17) is 0 Å². The molecule has 2 heterocycles. The molecule has 27 heavy (non-hydrogen) atoms. The Balaban J connectivity index is 1.29. The van der Waals surface area contributed by atoms with Crippen LogP contribution in [-0.4, -0.2) is 20.5 Å². The molecule has 0 bridgehead atoms. The van der Waals surface area contributed by atoms with E-state index in [1.165, 1.54) is 11.3 Å². The number of hydrogen-bond donors (Lipinski definition) is 2. The zero-order chi connectivity index (χ0) is 18.2. The molecule has 1 aliphatic rings. The summed E-state index contributed by atoms with van der Waals surface area (Å²) >= 11 is 1.49. The van der Waals surface area contributed by atoms with Crippen molar-refractivity contribution < 1.29 is 4.79 Å². The molecule has 6 nitrogen and oxygen atoms in total. The molecule has 1 amide bonds. The highest BCUT2D eigenvalue weighted by Gasteiger charge is 2.29. The van der Waals surface area contributed by atoms with Crippen LogP contribution in [0, 0.1) is 5.92 Å². The van der Waals surface area contributed by atoms with Gasteiger partial charge < -0.3 is 10.6 Å². The SMILES string of the molecule is O=C(Nc1ccc(Nc2nn3cc(-c4ccccc4)nc3s2)cc1)C1CC1. The van der Waals surface area contributed by atoms with Gasteiger partial charge in [-0.15, -0.1) is 5.10 Å². The van der Waals surface area contributed by atoms with Crippen molar-refractivity contribution in [2.45, 2.75) is 12.8 Å². The molecule has 1 fully saturated rings. The number of hydrogen-bond acceptors (Lipinski definition) is 5. The Bertz CT molecular complexity index is 1070. The van der Waals surface area contributed by atoms with Crippen molar-refractivity contribution >= 4 is 38.7 Å². The van der Waals surface area contributed by atoms with Crippen LogP contribution >= 0.6 is 11.3 Å². The molecule has 1 aliphatic carbocycles. The molecule has 2 N–H and O–H groups in total. The number of rotatable bonds is 5. The lowest BCUT2D eigenvalue weighted by Crippen LogP contribution is -2.13. The third-order valence-corrected chi connectivity index (χ3v) is 5.30. The van der Waals surface area contributed by atoms with Gasteiger partial charge in [0.25, 0.3) is 0 Å². The van der Waals surface area contributed by atoms with Crippen LogP contribution in [0.3, 0.4) is 0 Å². The number of fused-ring (bicyclic) bond motifs is 1. The predicted octanol–water partition coefficient (Wildman–Crippen LogP) is 4.55. The number of anilines is 3. The number of aromatic nitrogens is 3. The largest absolute Gasteiger partial charge is 0.330 e. The molecule has 1 saturated carbocycles. The molecule has 5 rings (SSSR count). The van der Waals surface area contributed by atoms with Crippen LogP contribution in [0.1, 0.15) is 12.8 Å². The standard InChI is InChI=1S/C20H17N5OS/c26-18(14-6-7-14)21-15-8-10-16(11-9-15)22-19-24-25-12-17(23-20(25)27-19)13-4-2-1-3-5-13/h1-5,8-12,14H,6-7H2,(H,21,26)(H,22,24). The highest BCUT2D eigenvalue weighted by Crippen LogP contribution is 2.31. The Labute approximate surface area is 159 Å². The zero-order valence-corrected chi connectivity index (χ0v) is 15.2. The van der Waals surface area contributed by atoms with E-state index >= 15 is 0 Å². The molecule has 0 aliphatic heterocycles. The van der Waals surface area contributed by atoms with Crippen LogP contribution in [0.2, 0.25) is 0 Å². The molecule has 2 aromatic heterocycles. The van der Waals surface area contributed by atoms with Gasteiger partial charge in [-0.05, 0) is 37.1 Å². The summed E-state index contributed by atoms with van der Waals surface area (Å²) in [5.41, 5.74) is 3.73. The lowest BCUT2D eigenvalue weighted by atomic mass is 10.2. The van der Waals surface area contributed by atoms with E-state index in [-0.39, 0.29) is 11.8 Å². The molecule has 4 aromatic rings. The van der Waals surface area contributed by atoms with Crippen LogP contribution < -0.4 is 10.6 Å². The summed E-state index contributed by atoms with van der Waals surface area (Å²) in [4.78, 5) is 17.3. The monoisotopic (exact) mass is 375 g/mol. The van der Waals surface area contributed by atoms with Crippen molar-refractivity contribution in [2.75, 3.05) is 10.6 Å². The van der Waals surface area contributed by atoms with E-state index in [9.17, 15) is 4.79 Å². The molecule has 134 valence electrons. The van der Waals surface area contributed by atoms with Gasteiger partial charge in [0.15, 0.2) is 0 Å². The number of amides is 1. The first kappa shape index (κ1) is 16.0. The van der Waals surface area contributed by atoms with Gasteiger partial charge in [-0.2, -0.15) is 0 Å². The highest BCUT2D eigenvalue weighted by molar-refractivity contribution is 7.20. The molecular weight excluding hydrogens is 358 g/mol. The summed E-state index contributed by atoms with van der Waals surface area (Å²) in [6.07, 6.45) is 3.94. The molecule has 2 aromatic carbocycles. The van der Waals surface area contributed by atoms with Crippen LogP contribution in [0.15, 0.2) is 60.8 Å². The lowest BCUT2D eigenvalue weighted by Gasteiger charge is -2.06. The topological polar surface area (TPSA) is 71.3 Å². The quantitative estimate of drug-likeness (QED) is 0.537. The van der Waals surface area contributed by atoms with Gasteiger partial charge >= 0.3 is 0 Å². The maximum absolute atomic E-state index is 11.8. The minimum absolute atomic E-state index is 0.117. The van der Waals surface area contributed by atoms with E-state index in [0.29, 0.717) is 0 Å². The van der Waals surface area contributed by atoms with E-state index in [0.717, 1.165) is 45.6 Å². The molecule has 0 radical (unpaired) electrons. The number of carbonyl (C=O) groups is 1. The van der Waals surface area contributed by atoms with E-state index in [1.54, 1.807) is 4.52 Å². The Morgan fingerprint density at radius 3 is 2.48 bits per heavy atom. The van der Waals surface area contributed by atoms with E-state index in [2.05, 4.69) is 20.7 Å². The molecule has 0 spiro atoms. The van der Waals surface area contributed by atoms with E-state index in [1.807, 2.05) is 60.8 Å². The first-order valence-corrected chi connectivity index (χ1v) is 9.66. The number of imidazole rings is 1. The third kappa shape index (κ3) is 3.41. The van der Waals surface area contributed by atoms with Gasteiger partial charge in [0.2, 0.25) is 16.0 Å². The predicted molar refractivity (Wildman–Crippen MR) is 107 cm³/mol. The van der Waals surface area contributed by atoms with Crippen LogP contribution in [0.5, 0.6) is 0 Å². The van der Waals surface area contributed by atoms with Crippen molar-refractivity contribution in [2.24, 2.45) is 5.92 Å². The minimum Gasteiger partial charge on any atom is -0.330 e. The molecule has 0 saturated heterocycles. The summed E-state index contributed by atoms with van der Waals surface area (Å²) in [6.45, 7) is 0. The lowest BCUT2D eigenvalue weighted by molar-refractivity contribution is -0.117. The summed E-state index contributed by atoms with van der Waals surface area (Å²) in [7, 11) is 0. The highest BCUT2D eigenvalue weighted by atomic mass is 32.1. The number of nitrogens with one attached hydrogen (secondary N) is 2. The average Bonchev–Trinajstić information content (AvgIpc) is 3.37. The fourth-order valence-electron chi connectivity index (χ4n) is 2.85. The van der Waals surface area contributed by atoms with Crippen LogP contribution in [0.25, 0.3) is 16.2 Å². The van der Waals surface area contributed by atoms with Gasteiger partial charge in [0.1, 0.15) is 0 Å². The fourth-order valence-corrected chi connectivity index (χ4v) is 3.65. The number of nitrogens with zero attached hydrogens (tertiary/aromatic N) is 3. The molecule has 0 atom stereocenters. The summed E-state index contributed by atoms with van der Waals surface area (Å²) in [6, 6.07) is 17.7. The van der Waals surface area contributed by atoms with Gasteiger partial charge in [0.05, 0.1) is 11.9 Å². The maximum Gasteiger partial charge on any atom is 0.227 e. The molecular formula is C20H17N5OS. The zero-order valence-electron chi connectivity index (χ0n) is 14.4. The summed E-state index contributed by atoms with van der Waals surface area (Å²) in [5.74, 6) is 0.321. The van der Waals surface area contributed by atoms with Crippen molar-refractivity contribution in [3.63, 3.8) is 0 Å². The Morgan fingerprint density at radius 1 is 1.04 bits per heavy atom. The Morgan fingerprint density at radius 2 is 1.78 bits per heavy atom. The maximum atomic E-state index is 11.8. The van der Waals surface area contributed by atoms with Gasteiger partial charge in [0, 0.05) is 22.9 Å². The first-order chi connectivity index (χ1) is 13.2. The van der Waals surface area contributed by atoms with Gasteiger partial charge in [-0.1, -0.05) is 41.7 Å². The fraction of sp³-hybridized carbons (Fsp3) is 0.150. The molecule has 0 unspecified atom stereocenters. The first-order valence-electron chi connectivity index (χ1n) is 8.84. The minimum atomic E-state index is 0.117. The van der Waals surface area contributed by atoms with Crippen molar-refractivity contribution in [3.8, 4) is 11.3 Å².